The van der Waals surface area contributed by atoms with Crippen molar-refractivity contribution in [3.63, 3.8) is 0 Å². The third-order valence-electron chi connectivity index (χ3n) is 5.54. The van der Waals surface area contributed by atoms with Gasteiger partial charge in [0.05, 0.1) is 0 Å². The minimum Gasteiger partial charge on any atom is -0.316 e. The first-order valence-corrected chi connectivity index (χ1v) is 9.11. The molecule has 1 N–H and O–H groups in total. The van der Waals surface area contributed by atoms with Crippen LogP contribution in [-0.4, -0.2) is 62.7 Å². The van der Waals surface area contributed by atoms with Crippen molar-refractivity contribution < 1.29 is 0 Å². The second kappa shape index (κ2) is 7.94. The summed E-state index contributed by atoms with van der Waals surface area (Å²) in [7, 11) is 2.25. The molecular weight excluding hydrogens is 258 g/mol. The van der Waals surface area contributed by atoms with Gasteiger partial charge >= 0.3 is 0 Å². The van der Waals surface area contributed by atoms with Crippen LogP contribution in [0.2, 0.25) is 0 Å². The highest BCUT2D eigenvalue weighted by molar-refractivity contribution is 4.90. The Balaban J connectivity index is 1.88. The third kappa shape index (κ3) is 5.54. The molecule has 0 atom stereocenters. The Morgan fingerprint density at radius 3 is 2.29 bits per heavy atom. The van der Waals surface area contributed by atoms with E-state index in [1.54, 1.807) is 0 Å². The Bertz CT molecular complexity index is 287. The zero-order valence-electron chi connectivity index (χ0n) is 14.8. The number of piperazine rings is 1. The molecule has 1 heterocycles. The summed E-state index contributed by atoms with van der Waals surface area (Å²) < 4.78 is 0. The quantitative estimate of drug-likeness (QED) is 0.813. The lowest BCUT2D eigenvalue weighted by Crippen LogP contribution is -2.52. The van der Waals surface area contributed by atoms with Gasteiger partial charge in [-0.05, 0) is 43.7 Å². The molecule has 0 bridgehead atoms. The maximum Gasteiger partial charge on any atom is 0.0110 e. The summed E-state index contributed by atoms with van der Waals surface area (Å²) in [5.74, 6) is 1.70. The van der Waals surface area contributed by atoms with E-state index < -0.39 is 0 Å². The predicted octanol–water partition coefficient (Wildman–Crippen LogP) is 2.68. The molecule has 0 aromatic heterocycles. The Kier molecular flexibility index (Phi) is 6.51. The van der Waals surface area contributed by atoms with E-state index in [0.717, 1.165) is 11.8 Å². The zero-order chi connectivity index (χ0) is 15.3. The monoisotopic (exact) mass is 295 g/mol. The van der Waals surface area contributed by atoms with Crippen LogP contribution in [0.25, 0.3) is 0 Å². The molecule has 21 heavy (non-hydrogen) atoms. The molecular formula is C18H37N3. The van der Waals surface area contributed by atoms with Gasteiger partial charge in [-0.25, -0.2) is 0 Å². The van der Waals surface area contributed by atoms with E-state index in [9.17, 15) is 0 Å². The number of rotatable bonds is 6. The number of nitrogens with one attached hydrogen (secondary N) is 1. The molecule has 0 spiro atoms. The fourth-order valence-corrected chi connectivity index (χ4v) is 3.87. The van der Waals surface area contributed by atoms with Crippen molar-refractivity contribution in [2.45, 2.75) is 46.5 Å². The van der Waals surface area contributed by atoms with Gasteiger partial charge < -0.3 is 15.1 Å². The van der Waals surface area contributed by atoms with Crippen LogP contribution in [-0.2, 0) is 0 Å². The molecule has 0 radical (unpaired) electrons. The minimum absolute atomic E-state index is 0.539. The van der Waals surface area contributed by atoms with Crippen LogP contribution >= 0.6 is 0 Å². The van der Waals surface area contributed by atoms with Crippen LogP contribution in [0.3, 0.4) is 0 Å². The molecule has 3 nitrogen and oxygen atoms in total. The van der Waals surface area contributed by atoms with Gasteiger partial charge in [-0.2, -0.15) is 0 Å². The number of likely N-dealkylation sites (N-methyl/N-ethyl adjacent to an activating group) is 1. The molecule has 0 aromatic carbocycles. The number of nitrogens with zero attached hydrogens (tertiary/aromatic N) is 2. The van der Waals surface area contributed by atoms with Gasteiger partial charge in [0.1, 0.15) is 0 Å². The summed E-state index contributed by atoms with van der Waals surface area (Å²) in [6, 6.07) is 0. The lowest BCUT2D eigenvalue weighted by atomic mass is 9.70. The molecule has 1 saturated heterocycles. The van der Waals surface area contributed by atoms with E-state index in [0.29, 0.717) is 5.41 Å². The predicted molar refractivity (Wildman–Crippen MR) is 91.7 cm³/mol. The maximum atomic E-state index is 3.77. The van der Waals surface area contributed by atoms with Crippen LogP contribution < -0.4 is 5.32 Å². The second-order valence-electron chi connectivity index (χ2n) is 8.29. The highest BCUT2D eigenvalue weighted by Crippen LogP contribution is 2.39. The van der Waals surface area contributed by atoms with Crippen LogP contribution in [0.1, 0.15) is 46.5 Å². The van der Waals surface area contributed by atoms with Crippen LogP contribution in [0.4, 0.5) is 0 Å². The van der Waals surface area contributed by atoms with Crippen LogP contribution in [0.5, 0.6) is 0 Å². The first-order chi connectivity index (χ1) is 9.99. The van der Waals surface area contributed by atoms with Gasteiger partial charge in [-0.3, -0.25) is 0 Å². The van der Waals surface area contributed by atoms with Gasteiger partial charge in [0.25, 0.3) is 0 Å². The van der Waals surface area contributed by atoms with Crippen molar-refractivity contribution >= 4 is 0 Å². The topological polar surface area (TPSA) is 18.5 Å². The lowest BCUT2D eigenvalue weighted by Gasteiger charge is -2.45. The average molecular weight is 296 g/mol. The molecule has 0 unspecified atom stereocenters. The van der Waals surface area contributed by atoms with Crippen molar-refractivity contribution in [2.24, 2.45) is 17.3 Å². The molecule has 2 fully saturated rings. The molecule has 1 aliphatic heterocycles. The molecule has 2 aliphatic rings. The molecule has 0 aromatic rings. The average Bonchev–Trinajstić information content (AvgIpc) is 2.44. The van der Waals surface area contributed by atoms with Crippen molar-refractivity contribution in [3.05, 3.63) is 0 Å². The fraction of sp³-hybridized carbons (Fsp3) is 1.00. The van der Waals surface area contributed by atoms with Crippen LogP contribution in [0, 0.1) is 17.3 Å². The van der Waals surface area contributed by atoms with Crippen molar-refractivity contribution in [2.75, 3.05) is 52.9 Å². The van der Waals surface area contributed by atoms with E-state index in [-0.39, 0.29) is 0 Å². The highest BCUT2D eigenvalue weighted by Gasteiger charge is 2.36. The first-order valence-electron chi connectivity index (χ1n) is 9.11. The SMILES string of the molecule is CC(C)CNCC1(CN2CCN(C)CC2)CCC(C)CC1. The second-order valence-corrected chi connectivity index (χ2v) is 8.29. The lowest BCUT2D eigenvalue weighted by molar-refractivity contribution is 0.0590. The molecule has 2 rings (SSSR count). The van der Waals surface area contributed by atoms with E-state index >= 15 is 0 Å². The fourth-order valence-electron chi connectivity index (χ4n) is 3.87. The summed E-state index contributed by atoms with van der Waals surface area (Å²) in [6.45, 7) is 15.8. The first kappa shape index (κ1) is 17.2. The Labute approximate surface area is 132 Å². The Morgan fingerprint density at radius 1 is 1.10 bits per heavy atom. The van der Waals surface area contributed by atoms with Gasteiger partial charge in [0, 0.05) is 39.3 Å². The summed E-state index contributed by atoms with van der Waals surface area (Å²) >= 11 is 0. The summed E-state index contributed by atoms with van der Waals surface area (Å²) in [6.07, 6.45) is 5.70. The minimum atomic E-state index is 0.539. The zero-order valence-corrected chi connectivity index (χ0v) is 14.8. The normalized spacial score (nSPS) is 32.7. The van der Waals surface area contributed by atoms with Gasteiger partial charge in [-0.15, -0.1) is 0 Å². The molecule has 0 amide bonds. The molecule has 1 saturated carbocycles. The molecule has 1 aliphatic carbocycles. The van der Waals surface area contributed by atoms with Gasteiger partial charge in [-0.1, -0.05) is 33.6 Å². The maximum absolute atomic E-state index is 3.77. The van der Waals surface area contributed by atoms with Crippen molar-refractivity contribution in [3.8, 4) is 0 Å². The number of hydrogen-bond donors (Lipinski definition) is 1. The molecule has 124 valence electrons. The Hall–Kier alpha value is -0.120. The summed E-state index contributed by atoms with van der Waals surface area (Å²) in [5, 5.41) is 3.77. The Morgan fingerprint density at radius 2 is 1.71 bits per heavy atom. The van der Waals surface area contributed by atoms with Gasteiger partial charge in [0.15, 0.2) is 0 Å². The standard InChI is InChI=1S/C18H37N3/c1-16(2)13-19-14-18(7-5-17(3)6-8-18)15-21-11-9-20(4)10-12-21/h16-17,19H,5-15H2,1-4H3. The van der Waals surface area contributed by atoms with E-state index in [1.165, 1.54) is 71.5 Å². The van der Waals surface area contributed by atoms with Crippen molar-refractivity contribution in [1.29, 1.82) is 0 Å². The van der Waals surface area contributed by atoms with E-state index in [2.05, 4.69) is 42.9 Å². The smallest absolute Gasteiger partial charge is 0.0110 e. The van der Waals surface area contributed by atoms with Gasteiger partial charge in [0.2, 0.25) is 0 Å². The van der Waals surface area contributed by atoms with Crippen molar-refractivity contribution in [1.82, 2.24) is 15.1 Å². The number of hydrogen-bond acceptors (Lipinski definition) is 3. The van der Waals surface area contributed by atoms with E-state index in [1.807, 2.05) is 0 Å². The largest absolute Gasteiger partial charge is 0.316 e. The van der Waals surface area contributed by atoms with Crippen LogP contribution in [0.15, 0.2) is 0 Å². The third-order valence-corrected chi connectivity index (χ3v) is 5.54. The summed E-state index contributed by atoms with van der Waals surface area (Å²) in [4.78, 5) is 5.19. The molecule has 3 heteroatoms. The highest BCUT2D eigenvalue weighted by atomic mass is 15.2. The summed E-state index contributed by atoms with van der Waals surface area (Å²) in [5.41, 5.74) is 0.539. The van der Waals surface area contributed by atoms with E-state index in [4.69, 9.17) is 0 Å².